The minimum absolute atomic E-state index is 0.141. The molecular weight excluding hydrogens is 341 g/mol. The zero-order valence-electron chi connectivity index (χ0n) is 11.3. The van der Waals surface area contributed by atoms with Crippen molar-refractivity contribution in [2.75, 3.05) is 13.2 Å². The Hall–Kier alpha value is -1.38. The highest BCUT2D eigenvalue weighted by Gasteiger charge is 2.22. The van der Waals surface area contributed by atoms with Crippen LogP contribution in [0.5, 0.6) is 0 Å². The number of nitrogens with one attached hydrogen (secondary N) is 1. The van der Waals surface area contributed by atoms with Crippen LogP contribution in [0.4, 0.5) is 9.59 Å². The van der Waals surface area contributed by atoms with E-state index in [1.807, 2.05) is 0 Å². The Kier molecular flexibility index (Phi) is 7.41. The smallest absolute Gasteiger partial charge is 0.439 e. The first kappa shape index (κ1) is 17.7. The van der Waals surface area contributed by atoms with Crippen molar-refractivity contribution in [3.8, 4) is 0 Å². The van der Waals surface area contributed by atoms with Crippen molar-refractivity contribution in [2.45, 2.75) is 18.9 Å². The Bertz CT molecular complexity index is 518. The van der Waals surface area contributed by atoms with Crippen LogP contribution in [0.1, 0.15) is 13.8 Å². The van der Waals surface area contributed by atoms with E-state index >= 15 is 0 Å². The van der Waals surface area contributed by atoms with E-state index in [1.54, 1.807) is 13.8 Å². The third-order valence-corrected chi connectivity index (χ3v) is 3.38. The van der Waals surface area contributed by atoms with E-state index in [9.17, 15) is 9.59 Å². The minimum Gasteiger partial charge on any atom is -0.449 e. The molecule has 7 nitrogen and oxygen atoms in total. The van der Waals surface area contributed by atoms with Gasteiger partial charge in [0.15, 0.2) is 0 Å². The molecule has 0 fully saturated rings. The van der Waals surface area contributed by atoms with Crippen LogP contribution < -0.4 is 5.43 Å². The topological polar surface area (TPSA) is 80.8 Å². The molecule has 116 valence electrons. The van der Waals surface area contributed by atoms with Crippen LogP contribution in [0, 0.1) is 0 Å². The summed E-state index contributed by atoms with van der Waals surface area (Å²) in [6.07, 6.45) is -0.227. The molecule has 0 saturated heterocycles. The third-order valence-electron chi connectivity index (χ3n) is 1.85. The standard InChI is InChI=1S/C11H13Cl2N3O4S/c1-3-19-10(17)15-16(11(18)20-4-2)21-9-8(13)5-7(12)6-14-9/h5-6H,3-4H2,1-2H3,(H,15,17). The maximum atomic E-state index is 11.8. The number of rotatable bonds is 4. The highest BCUT2D eigenvalue weighted by atomic mass is 35.5. The Balaban J connectivity index is 2.85. The van der Waals surface area contributed by atoms with E-state index in [0.29, 0.717) is 5.02 Å². The molecule has 0 atom stereocenters. The summed E-state index contributed by atoms with van der Waals surface area (Å²) in [4.78, 5) is 27.2. The SMILES string of the molecule is CCOC(=O)NN(Sc1ncc(Cl)cc1Cl)C(=O)OCC. The van der Waals surface area contributed by atoms with Crippen molar-refractivity contribution < 1.29 is 19.1 Å². The molecule has 1 aromatic rings. The Morgan fingerprint density at radius 3 is 2.57 bits per heavy atom. The molecule has 1 heterocycles. The number of ether oxygens (including phenoxy) is 2. The second-order valence-corrected chi connectivity index (χ2v) is 5.14. The van der Waals surface area contributed by atoms with Gasteiger partial charge >= 0.3 is 12.2 Å². The fourth-order valence-corrected chi connectivity index (χ4v) is 2.24. The molecule has 1 aromatic heterocycles. The van der Waals surface area contributed by atoms with E-state index in [-0.39, 0.29) is 23.3 Å². The van der Waals surface area contributed by atoms with Crippen molar-refractivity contribution >= 4 is 47.3 Å². The van der Waals surface area contributed by atoms with E-state index in [1.165, 1.54) is 12.3 Å². The number of amides is 2. The van der Waals surface area contributed by atoms with Crippen LogP contribution in [-0.4, -0.2) is 34.8 Å². The molecule has 2 amide bonds. The van der Waals surface area contributed by atoms with Crippen LogP contribution in [-0.2, 0) is 9.47 Å². The summed E-state index contributed by atoms with van der Waals surface area (Å²) in [5.41, 5.74) is 2.22. The monoisotopic (exact) mass is 353 g/mol. The fourth-order valence-electron chi connectivity index (χ4n) is 1.09. The maximum absolute atomic E-state index is 11.8. The van der Waals surface area contributed by atoms with Gasteiger partial charge in [-0.05, 0) is 19.9 Å². The molecule has 0 aliphatic heterocycles. The number of hydrogen-bond donors (Lipinski definition) is 1. The van der Waals surface area contributed by atoms with Gasteiger partial charge < -0.3 is 9.47 Å². The minimum atomic E-state index is -0.803. The van der Waals surface area contributed by atoms with Gasteiger partial charge in [0.2, 0.25) is 0 Å². The Labute approximate surface area is 136 Å². The summed E-state index contributed by atoms with van der Waals surface area (Å²) < 4.78 is 10.4. The molecular formula is C11H13Cl2N3O4S. The first-order valence-corrected chi connectivity index (χ1v) is 7.40. The van der Waals surface area contributed by atoms with Gasteiger partial charge in [-0.1, -0.05) is 23.2 Å². The number of halogens is 2. The summed E-state index contributed by atoms with van der Waals surface area (Å²) >= 11 is 12.5. The van der Waals surface area contributed by atoms with Crippen LogP contribution in [0.3, 0.4) is 0 Å². The average molecular weight is 354 g/mol. The van der Waals surface area contributed by atoms with Gasteiger partial charge in [-0.3, -0.25) is 0 Å². The second kappa shape index (κ2) is 8.81. The highest BCUT2D eigenvalue weighted by Crippen LogP contribution is 2.29. The van der Waals surface area contributed by atoms with Gasteiger partial charge in [-0.2, -0.15) is 0 Å². The van der Waals surface area contributed by atoms with Crippen LogP contribution in [0.2, 0.25) is 10.0 Å². The lowest BCUT2D eigenvalue weighted by atomic mass is 10.5. The van der Waals surface area contributed by atoms with Crippen LogP contribution >= 0.6 is 35.1 Å². The van der Waals surface area contributed by atoms with E-state index in [0.717, 1.165) is 16.4 Å². The van der Waals surface area contributed by atoms with Crippen LogP contribution in [0.15, 0.2) is 17.3 Å². The number of pyridine rings is 1. The summed E-state index contributed by atoms with van der Waals surface area (Å²) in [5.74, 6) is 0. The summed E-state index contributed by atoms with van der Waals surface area (Å²) in [6, 6.07) is 1.46. The van der Waals surface area contributed by atoms with Gasteiger partial charge in [-0.15, -0.1) is 4.41 Å². The highest BCUT2D eigenvalue weighted by molar-refractivity contribution is 7.97. The largest absolute Gasteiger partial charge is 0.449 e. The summed E-state index contributed by atoms with van der Waals surface area (Å²) in [7, 11) is 0. The van der Waals surface area contributed by atoms with Crippen molar-refractivity contribution in [3.05, 3.63) is 22.3 Å². The van der Waals surface area contributed by atoms with Crippen LogP contribution in [0.25, 0.3) is 0 Å². The van der Waals surface area contributed by atoms with Crippen molar-refractivity contribution in [1.82, 2.24) is 14.8 Å². The van der Waals surface area contributed by atoms with Crippen molar-refractivity contribution in [1.29, 1.82) is 0 Å². The predicted octanol–water partition coefficient (Wildman–Crippen LogP) is 3.52. The molecule has 21 heavy (non-hydrogen) atoms. The second-order valence-electron chi connectivity index (χ2n) is 3.36. The van der Waals surface area contributed by atoms with Gasteiger partial charge in [-0.25, -0.2) is 20.0 Å². The quantitative estimate of drug-likeness (QED) is 0.658. The van der Waals surface area contributed by atoms with Crippen molar-refractivity contribution in [3.63, 3.8) is 0 Å². The van der Waals surface area contributed by atoms with Crippen molar-refractivity contribution in [2.24, 2.45) is 0 Å². The average Bonchev–Trinajstić information content (AvgIpc) is 2.41. The Morgan fingerprint density at radius 1 is 1.33 bits per heavy atom. The molecule has 0 aliphatic carbocycles. The number of hydrazine groups is 1. The van der Waals surface area contributed by atoms with E-state index < -0.39 is 12.2 Å². The number of carbonyl (C=O) groups excluding carboxylic acids is 2. The summed E-state index contributed by atoms with van der Waals surface area (Å²) in [6.45, 7) is 3.58. The molecule has 1 rings (SSSR count). The molecule has 10 heteroatoms. The van der Waals surface area contributed by atoms with E-state index in [4.69, 9.17) is 32.7 Å². The van der Waals surface area contributed by atoms with Gasteiger partial charge in [0.05, 0.1) is 23.3 Å². The molecule has 0 saturated carbocycles. The lowest BCUT2D eigenvalue weighted by Gasteiger charge is -2.20. The first-order chi connectivity index (χ1) is 9.97. The lowest BCUT2D eigenvalue weighted by Crippen LogP contribution is -2.42. The van der Waals surface area contributed by atoms with E-state index in [2.05, 4.69) is 10.4 Å². The Morgan fingerprint density at radius 2 is 2.00 bits per heavy atom. The molecule has 0 spiro atoms. The molecule has 0 unspecified atom stereocenters. The molecule has 0 aromatic carbocycles. The first-order valence-electron chi connectivity index (χ1n) is 5.87. The number of hydrogen-bond acceptors (Lipinski definition) is 6. The van der Waals surface area contributed by atoms with Gasteiger partial charge in [0, 0.05) is 18.1 Å². The number of nitrogens with zero attached hydrogens (tertiary/aromatic N) is 2. The number of carbonyl (C=O) groups is 2. The van der Waals surface area contributed by atoms with Gasteiger partial charge in [0.1, 0.15) is 5.03 Å². The summed E-state index contributed by atoms with van der Waals surface area (Å²) in [5, 5.41) is 0.851. The fraction of sp³-hybridized carbons (Fsp3) is 0.364. The molecule has 0 bridgehead atoms. The molecule has 1 N–H and O–H groups in total. The zero-order valence-corrected chi connectivity index (χ0v) is 13.6. The third kappa shape index (κ3) is 5.86. The van der Waals surface area contributed by atoms with Gasteiger partial charge in [0.25, 0.3) is 0 Å². The maximum Gasteiger partial charge on any atom is 0.439 e. The molecule has 0 radical (unpaired) electrons. The number of aromatic nitrogens is 1. The normalized spacial score (nSPS) is 9.90. The molecule has 0 aliphatic rings. The lowest BCUT2D eigenvalue weighted by molar-refractivity contribution is 0.106. The zero-order chi connectivity index (χ0) is 15.8. The predicted molar refractivity (Wildman–Crippen MR) is 79.1 cm³/mol.